The normalized spacial score (nSPS) is 11.3. The van der Waals surface area contributed by atoms with E-state index in [-0.39, 0.29) is 0 Å². The number of fused-ring (bicyclic) bond motifs is 5. The molecule has 0 bridgehead atoms. The Bertz CT molecular complexity index is 2170. The van der Waals surface area contributed by atoms with Crippen molar-refractivity contribution in [2.24, 2.45) is 0 Å². The summed E-state index contributed by atoms with van der Waals surface area (Å²) in [4.78, 5) is 0. The average molecular weight is 554 g/mol. The lowest BCUT2D eigenvalue weighted by molar-refractivity contribution is 1.53. The number of hydrogen-bond donors (Lipinski definition) is 1. The van der Waals surface area contributed by atoms with Crippen LogP contribution in [0.3, 0.4) is 0 Å². The lowest BCUT2D eigenvalue weighted by Crippen LogP contribution is -1.90. The van der Waals surface area contributed by atoms with Crippen molar-refractivity contribution in [1.82, 2.24) is 0 Å². The monoisotopic (exact) mass is 553 g/mol. The molecule has 1 heterocycles. The maximum atomic E-state index is 3.53. The van der Waals surface area contributed by atoms with Crippen LogP contribution in [-0.2, 0) is 0 Å². The molecule has 0 saturated heterocycles. The van der Waals surface area contributed by atoms with Gasteiger partial charge in [0.05, 0.1) is 0 Å². The summed E-state index contributed by atoms with van der Waals surface area (Å²) in [6, 6.07) is 56.7. The van der Waals surface area contributed by atoms with Crippen LogP contribution in [-0.4, -0.2) is 0 Å². The summed E-state index contributed by atoms with van der Waals surface area (Å²) in [6.07, 6.45) is 0. The van der Waals surface area contributed by atoms with E-state index >= 15 is 0 Å². The van der Waals surface area contributed by atoms with E-state index in [2.05, 4.69) is 157 Å². The molecule has 0 aliphatic rings. The Kier molecular flexibility index (Phi) is 6.05. The van der Waals surface area contributed by atoms with Crippen molar-refractivity contribution < 1.29 is 0 Å². The fraction of sp³-hybridized carbons (Fsp3) is 0. The van der Waals surface area contributed by atoms with E-state index in [1.54, 1.807) is 0 Å². The van der Waals surface area contributed by atoms with Crippen LogP contribution in [0.2, 0.25) is 0 Å². The van der Waals surface area contributed by atoms with Gasteiger partial charge in [-0.2, -0.15) is 0 Å². The van der Waals surface area contributed by atoms with Crippen molar-refractivity contribution in [2.75, 3.05) is 5.32 Å². The highest BCUT2D eigenvalue weighted by Crippen LogP contribution is 2.43. The molecule has 0 spiro atoms. The smallest absolute Gasteiger partial charge is 0.0434 e. The lowest BCUT2D eigenvalue weighted by Gasteiger charge is -2.10. The molecule has 2 heteroatoms. The van der Waals surface area contributed by atoms with E-state index in [1.165, 1.54) is 64.3 Å². The van der Waals surface area contributed by atoms with Gasteiger partial charge in [-0.15, -0.1) is 11.3 Å². The van der Waals surface area contributed by atoms with Crippen LogP contribution in [0, 0.1) is 0 Å². The van der Waals surface area contributed by atoms with Gasteiger partial charge in [-0.3, -0.25) is 0 Å². The third kappa shape index (κ3) is 4.43. The molecule has 1 nitrogen and oxygen atoms in total. The molecule has 0 atom stereocenters. The third-order valence-corrected chi connectivity index (χ3v) is 9.29. The highest BCUT2D eigenvalue weighted by atomic mass is 32.1. The molecule has 0 unspecified atom stereocenters. The Hall–Kier alpha value is -5.18. The summed E-state index contributed by atoms with van der Waals surface area (Å²) in [5, 5.41) is 8.86. The molecule has 0 amide bonds. The van der Waals surface area contributed by atoms with Crippen molar-refractivity contribution in [2.45, 2.75) is 0 Å². The molecule has 198 valence electrons. The minimum absolute atomic E-state index is 1.08. The van der Waals surface area contributed by atoms with E-state index in [0.29, 0.717) is 0 Å². The zero-order valence-electron chi connectivity index (χ0n) is 22.9. The lowest BCUT2D eigenvalue weighted by atomic mass is 9.98. The third-order valence-electron chi connectivity index (χ3n) is 8.08. The van der Waals surface area contributed by atoms with Gasteiger partial charge in [0.2, 0.25) is 0 Å². The first-order valence-corrected chi connectivity index (χ1v) is 15.1. The minimum atomic E-state index is 1.08. The maximum Gasteiger partial charge on any atom is 0.0434 e. The summed E-state index contributed by atoms with van der Waals surface area (Å²) >= 11 is 1.89. The van der Waals surface area contributed by atoms with Gasteiger partial charge in [0.25, 0.3) is 0 Å². The highest BCUT2D eigenvalue weighted by molar-refractivity contribution is 7.26. The highest BCUT2D eigenvalue weighted by Gasteiger charge is 2.13. The average Bonchev–Trinajstić information content (AvgIpc) is 3.46. The first-order valence-electron chi connectivity index (χ1n) is 14.3. The molecule has 0 fully saturated rings. The zero-order chi connectivity index (χ0) is 27.9. The van der Waals surface area contributed by atoms with E-state index in [4.69, 9.17) is 0 Å². The van der Waals surface area contributed by atoms with Crippen molar-refractivity contribution in [3.05, 3.63) is 158 Å². The van der Waals surface area contributed by atoms with Crippen molar-refractivity contribution in [1.29, 1.82) is 0 Å². The molecule has 1 aromatic heterocycles. The first kappa shape index (κ1) is 24.6. The Morgan fingerprint density at radius 1 is 0.381 bits per heavy atom. The molecule has 8 rings (SSSR count). The topological polar surface area (TPSA) is 12.0 Å². The standard InChI is InChI=1S/C40H27NS/c1-2-7-27(8-3-1)29-17-22-33(23-18-29)41-34-24-19-30(20-25-34)28-13-15-32(16-14-28)36-11-6-12-37-39-35-10-5-4-9-31(35)21-26-38(39)42-40(36)37/h1-26,41H. The number of hydrogen-bond acceptors (Lipinski definition) is 2. The predicted octanol–water partition coefficient (Wildman–Crippen LogP) is 12.0. The van der Waals surface area contributed by atoms with Gasteiger partial charge < -0.3 is 5.32 Å². The van der Waals surface area contributed by atoms with Gasteiger partial charge in [0, 0.05) is 31.5 Å². The van der Waals surface area contributed by atoms with Gasteiger partial charge >= 0.3 is 0 Å². The molecule has 42 heavy (non-hydrogen) atoms. The Labute approximate surface area is 249 Å². The molecule has 0 radical (unpaired) electrons. The molecule has 0 saturated carbocycles. The van der Waals surface area contributed by atoms with E-state index in [1.807, 2.05) is 17.4 Å². The van der Waals surface area contributed by atoms with Gasteiger partial charge in [-0.25, -0.2) is 0 Å². The number of thiophene rings is 1. The second-order valence-electron chi connectivity index (χ2n) is 10.7. The van der Waals surface area contributed by atoms with Crippen LogP contribution in [0.1, 0.15) is 0 Å². The number of nitrogens with one attached hydrogen (secondary N) is 1. The second kappa shape index (κ2) is 10.3. The fourth-order valence-electron chi connectivity index (χ4n) is 5.93. The summed E-state index contributed by atoms with van der Waals surface area (Å²) < 4.78 is 2.69. The Morgan fingerprint density at radius 3 is 1.62 bits per heavy atom. The molecule has 1 N–H and O–H groups in total. The fourth-order valence-corrected chi connectivity index (χ4v) is 7.18. The van der Waals surface area contributed by atoms with Crippen molar-refractivity contribution in [3.8, 4) is 33.4 Å². The number of anilines is 2. The summed E-state index contributed by atoms with van der Waals surface area (Å²) in [5.74, 6) is 0. The van der Waals surface area contributed by atoms with Gasteiger partial charge in [0.1, 0.15) is 0 Å². The summed E-state index contributed by atoms with van der Waals surface area (Å²) in [7, 11) is 0. The summed E-state index contributed by atoms with van der Waals surface area (Å²) in [5.41, 5.74) is 9.57. The minimum Gasteiger partial charge on any atom is -0.356 e. The Morgan fingerprint density at radius 2 is 0.929 bits per heavy atom. The van der Waals surface area contributed by atoms with Crippen LogP contribution in [0.4, 0.5) is 11.4 Å². The molecule has 0 aliphatic carbocycles. The van der Waals surface area contributed by atoms with E-state index in [9.17, 15) is 0 Å². The quantitative estimate of drug-likeness (QED) is 0.223. The maximum absolute atomic E-state index is 3.53. The molecular weight excluding hydrogens is 527 g/mol. The largest absolute Gasteiger partial charge is 0.356 e. The van der Waals surface area contributed by atoms with Crippen LogP contribution >= 0.6 is 11.3 Å². The Balaban J connectivity index is 1.04. The molecular formula is C40H27NS. The van der Waals surface area contributed by atoms with Crippen LogP contribution in [0.15, 0.2) is 158 Å². The van der Waals surface area contributed by atoms with E-state index < -0.39 is 0 Å². The van der Waals surface area contributed by atoms with Crippen molar-refractivity contribution in [3.63, 3.8) is 0 Å². The van der Waals surface area contributed by atoms with E-state index in [0.717, 1.165) is 11.4 Å². The molecule has 7 aromatic carbocycles. The van der Waals surface area contributed by atoms with Crippen LogP contribution in [0.5, 0.6) is 0 Å². The first-order chi connectivity index (χ1) is 20.8. The molecule has 0 aliphatic heterocycles. The van der Waals surface area contributed by atoms with Crippen LogP contribution < -0.4 is 5.32 Å². The van der Waals surface area contributed by atoms with Crippen LogP contribution in [0.25, 0.3) is 64.3 Å². The molecule has 8 aromatic rings. The second-order valence-corrected chi connectivity index (χ2v) is 11.7. The predicted molar refractivity (Wildman–Crippen MR) is 183 cm³/mol. The van der Waals surface area contributed by atoms with Crippen molar-refractivity contribution >= 4 is 53.7 Å². The summed E-state index contributed by atoms with van der Waals surface area (Å²) in [6.45, 7) is 0. The van der Waals surface area contributed by atoms with Gasteiger partial charge in [-0.05, 0) is 74.5 Å². The zero-order valence-corrected chi connectivity index (χ0v) is 23.7. The van der Waals surface area contributed by atoms with Gasteiger partial charge in [-0.1, -0.05) is 127 Å². The number of benzene rings is 7. The number of rotatable bonds is 5. The SMILES string of the molecule is c1ccc(-c2ccc(Nc3ccc(-c4ccc(-c5cccc6c5sc5ccc7ccccc7c56)cc4)cc3)cc2)cc1. The van der Waals surface area contributed by atoms with Gasteiger partial charge in [0.15, 0.2) is 0 Å².